The van der Waals surface area contributed by atoms with Crippen LogP contribution in [0, 0.1) is 17.8 Å². The average molecular weight is 349 g/mol. The largest absolute Gasteiger partial charge is 0.353 e. The predicted octanol–water partition coefficient (Wildman–Crippen LogP) is 3.24. The Morgan fingerprint density at radius 1 is 1.04 bits per heavy atom. The Balaban J connectivity index is 0.00000169. The summed E-state index contributed by atoms with van der Waals surface area (Å²) < 4.78 is 0. The monoisotopic (exact) mass is 348 g/mol. The van der Waals surface area contributed by atoms with Crippen molar-refractivity contribution < 1.29 is 4.79 Å². The summed E-state index contributed by atoms with van der Waals surface area (Å²) in [6.07, 6.45) is 8.90. The van der Waals surface area contributed by atoms with Gasteiger partial charge in [0.1, 0.15) is 0 Å². The van der Waals surface area contributed by atoms with Gasteiger partial charge in [-0.3, -0.25) is 4.79 Å². The standard InChI is InChI=1S/C20H28N2O.ClH/c21-19-15-6-3-7-16(19)11-17(10-15)20(23)22-18-9-8-13-4-1-2-5-14(13)12-18;/h1-2,4-5,15-19H,3,6-12,21H2,(H,22,23);1H. The molecule has 0 spiro atoms. The van der Waals surface area contributed by atoms with Crippen LogP contribution in [0.2, 0.25) is 0 Å². The molecule has 0 radical (unpaired) electrons. The minimum absolute atomic E-state index is 0. The van der Waals surface area contributed by atoms with Crippen molar-refractivity contribution in [2.75, 3.05) is 0 Å². The second-order valence-electron chi connectivity index (χ2n) is 7.91. The number of hydrogen-bond donors (Lipinski definition) is 2. The SMILES string of the molecule is Cl.NC1C2CCCC1CC(C(=O)NC1CCc3ccccc3C1)C2. The van der Waals surface area contributed by atoms with Gasteiger partial charge in [0.15, 0.2) is 0 Å². The smallest absolute Gasteiger partial charge is 0.223 e. The van der Waals surface area contributed by atoms with Gasteiger partial charge < -0.3 is 11.1 Å². The lowest BCUT2D eigenvalue weighted by molar-refractivity contribution is -0.128. The van der Waals surface area contributed by atoms with Crippen LogP contribution >= 0.6 is 12.4 Å². The summed E-state index contributed by atoms with van der Waals surface area (Å²) in [6.45, 7) is 0. The van der Waals surface area contributed by atoms with Crippen molar-refractivity contribution in [1.82, 2.24) is 5.32 Å². The number of hydrogen-bond acceptors (Lipinski definition) is 2. The molecule has 2 bridgehead atoms. The summed E-state index contributed by atoms with van der Waals surface area (Å²) in [5, 5.41) is 3.35. The molecule has 4 heteroatoms. The van der Waals surface area contributed by atoms with Gasteiger partial charge in [-0.25, -0.2) is 0 Å². The van der Waals surface area contributed by atoms with E-state index < -0.39 is 0 Å². The third-order valence-electron chi connectivity index (χ3n) is 6.48. The van der Waals surface area contributed by atoms with E-state index in [1.165, 1.54) is 30.4 Å². The molecule has 0 aromatic heterocycles. The number of nitrogens with one attached hydrogen (secondary N) is 1. The maximum atomic E-state index is 12.8. The van der Waals surface area contributed by atoms with Gasteiger partial charge in [0.05, 0.1) is 0 Å². The Labute approximate surface area is 151 Å². The summed E-state index contributed by atoms with van der Waals surface area (Å²) in [5.41, 5.74) is 9.22. The third-order valence-corrected chi connectivity index (χ3v) is 6.48. The summed E-state index contributed by atoms with van der Waals surface area (Å²) in [7, 11) is 0. The number of aryl methyl sites for hydroxylation is 1. The van der Waals surface area contributed by atoms with E-state index in [1.807, 2.05) is 0 Å². The highest BCUT2D eigenvalue weighted by molar-refractivity contribution is 5.85. The van der Waals surface area contributed by atoms with E-state index in [4.69, 9.17) is 5.73 Å². The molecule has 24 heavy (non-hydrogen) atoms. The van der Waals surface area contributed by atoms with Crippen LogP contribution in [0.4, 0.5) is 0 Å². The Morgan fingerprint density at radius 3 is 2.42 bits per heavy atom. The second kappa shape index (κ2) is 7.45. The molecule has 2 saturated carbocycles. The van der Waals surface area contributed by atoms with Crippen molar-refractivity contribution in [3.8, 4) is 0 Å². The van der Waals surface area contributed by atoms with Crippen LogP contribution in [0.5, 0.6) is 0 Å². The van der Waals surface area contributed by atoms with E-state index in [1.54, 1.807) is 0 Å². The molecule has 3 aliphatic carbocycles. The summed E-state index contributed by atoms with van der Waals surface area (Å²) >= 11 is 0. The minimum Gasteiger partial charge on any atom is -0.353 e. The first-order chi connectivity index (χ1) is 11.2. The number of amides is 1. The lowest BCUT2D eigenvalue weighted by atomic mass is 9.65. The molecule has 3 N–H and O–H groups in total. The van der Waals surface area contributed by atoms with Gasteiger partial charge in [-0.15, -0.1) is 12.4 Å². The highest BCUT2D eigenvalue weighted by Gasteiger charge is 2.40. The molecule has 2 fully saturated rings. The fourth-order valence-corrected chi connectivity index (χ4v) is 5.14. The number of carbonyl (C=O) groups excluding carboxylic acids is 1. The van der Waals surface area contributed by atoms with Gasteiger partial charge in [-0.2, -0.15) is 0 Å². The topological polar surface area (TPSA) is 55.1 Å². The van der Waals surface area contributed by atoms with E-state index in [0.29, 0.717) is 23.9 Å². The molecule has 1 aromatic rings. The van der Waals surface area contributed by atoms with Crippen LogP contribution in [0.3, 0.4) is 0 Å². The Hall–Kier alpha value is -1.06. The van der Waals surface area contributed by atoms with Crippen molar-refractivity contribution in [2.45, 2.75) is 63.5 Å². The molecule has 4 rings (SSSR count). The van der Waals surface area contributed by atoms with Crippen LogP contribution in [0.25, 0.3) is 0 Å². The molecular formula is C20H29ClN2O. The van der Waals surface area contributed by atoms with Crippen molar-refractivity contribution in [3.63, 3.8) is 0 Å². The van der Waals surface area contributed by atoms with Gasteiger partial charge >= 0.3 is 0 Å². The molecule has 132 valence electrons. The lowest BCUT2D eigenvalue weighted by Crippen LogP contribution is -2.50. The molecule has 1 aromatic carbocycles. The quantitative estimate of drug-likeness (QED) is 0.862. The van der Waals surface area contributed by atoms with Gasteiger partial charge in [-0.05, 0) is 67.9 Å². The zero-order valence-electron chi connectivity index (χ0n) is 14.2. The highest BCUT2D eigenvalue weighted by Crippen LogP contribution is 2.42. The van der Waals surface area contributed by atoms with Crippen LogP contribution in [0.1, 0.15) is 49.7 Å². The second-order valence-corrected chi connectivity index (χ2v) is 7.91. The van der Waals surface area contributed by atoms with Crippen molar-refractivity contribution in [3.05, 3.63) is 35.4 Å². The summed E-state index contributed by atoms with van der Waals surface area (Å²) in [4.78, 5) is 12.8. The highest BCUT2D eigenvalue weighted by atomic mass is 35.5. The summed E-state index contributed by atoms with van der Waals surface area (Å²) in [5.74, 6) is 1.64. The number of halogens is 1. The average Bonchev–Trinajstić information content (AvgIpc) is 2.54. The van der Waals surface area contributed by atoms with Crippen LogP contribution in [-0.2, 0) is 17.6 Å². The molecule has 1 amide bonds. The number of carbonyl (C=O) groups is 1. The number of fused-ring (bicyclic) bond motifs is 3. The van der Waals surface area contributed by atoms with Gasteiger partial charge in [0, 0.05) is 18.0 Å². The Kier molecular flexibility index (Phi) is 5.51. The van der Waals surface area contributed by atoms with Gasteiger partial charge in [-0.1, -0.05) is 30.7 Å². The summed E-state index contributed by atoms with van der Waals surface area (Å²) in [6, 6.07) is 9.30. The van der Waals surface area contributed by atoms with Crippen molar-refractivity contribution in [2.24, 2.45) is 23.5 Å². The van der Waals surface area contributed by atoms with Crippen LogP contribution in [0.15, 0.2) is 24.3 Å². The van der Waals surface area contributed by atoms with Crippen molar-refractivity contribution in [1.29, 1.82) is 0 Å². The Morgan fingerprint density at radius 2 is 1.71 bits per heavy atom. The third kappa shape index (κ3) is 3.48. The lowest BCUT2D eigenvalue weighted by Gasteiger charge is -2.43. The van der Waals surface area contributed by atoms with E-state index in [9.17, 15) is 4.79 Å². The van der Waals surface area contributed by atoms with E-state index >= 15 is 0 Å². The molecule has 0 saturated heterocycles. The molecular weight excluding hydrogens is 320 g/mol. The number of nitrogens with two attached hydrogens (primary N) is 1. The van der Waals surface area contributed by atoms with E-state index in [-0.39, 0.29) is 24.2 Å². The first kappa shape index (κ1) is 17.8. The first-order valence-corrected chi connectivity index (χ1v) is 9.33. The molecule has 0 heterocycles. The molecule has 0 aliphatic heterocycles. The number of benzene rings is 1. The fourth-order valence-electron chi connectivity index (χ4n) is 5.14. The maximum absolute atomic E-state index is 12.8. The molecule has 3 aliphatic rings. The first-order valence-electron chi connectivity index (χ1n) is 9.33. The maximum Gasteiger partial charge on any atom is 0.223 e. The number of rotatable bonds is 2. The van der Waals surface area contributed by atoms with Gasteiger partial charge in [0.25, 0.3) is 0 Å². The molecule has 3 unspecified atom stereocenters. The molecule has 3 atom stereocenters. The molecule has 3 nitrogen and oxygen atoms in total. The fraction of sp³-hybridized carbons (Fsp3) is 0.650. The zero-order chi connectivity index (χ0) is 15.8. The zero-order valence-corrected chi connectivity index (χ0v) is 15.1. The van der Waals surface area contributed by atoms with Gasteiger partial charge in [0.2, 0.25) is 5.91 Å². The normalized spacial score (nSPS) is 34.6. The van der Waals surface area contributed by atoms with Crippen LogP contribution < -0.4 is 11.1 Å². The van der Waals surface area contributed by atoms with E-state index in [0.717, 1.165) is 32.1 Å². The van der Waals surface area contributed by atoms with Crippen molar-refractivity contribution >= 4 is 18.3 Å². The van der Waals surface area contributed by atoms with E-state index in [2.05, 4.69) is 29.6 Å². The predicted molar refractivity (Wildman–Crippen MR) is 99.2 cm³/mol. The minimum atomic E-state index is 0. The Bertz CT molecular complexity index is 577. The van der Waals surface area contributed by atoms with Crippen LogP contribution in [-0.4, -0.2) is 18.0 Å².